The maximum atomic E-state index is 6.11. The summed E-state index contributed by atoms with van der Waals surface area (Å²) in [7, 11) is 4.96. The van der Waals surface area contributed by atoms with Gasteiger partial charge in [0.05, 0.1) is 38.8 Å². The number of methoxy groups -OCH3 is 3. The second-order valence-electron chi connectivity index (χ2n) is 6.90. The smallest absolute Gasteiger partial charge is 0.161 e. The van der Waals surface area contributed by atoms with Gasteiger partial charge in [-0.05, 0) is 54.1 Å². The summed E-state index contributed by atoms with van der Waals surface area (Å²) in [6.45, 7) is 0. The quantitative estimate of drug-likeness (QED) is 0.509. The Labute approximate surface area is 181 Å². The van der Waals surface area contributed by atoms with E-state index in [1.54, 1.807) is 21.3 Å². The van der Waals surface area contributed by atoms with E-state index in [0.29, 0.717) is 16.5 Å². The van der Waals surface area contributed by atoms with E-state index in [4.69, 9.17) is 30.9 Å². The minimum absolute atomic E-state index is 0.00843. The molecule has 0 aromatic heterocycles. The van der Waals surface area contributed by atoms with Crippen LogP contribution >= 0.6 is 11.6 Å². The average Bonchev–Trinajstić information content (AvgIpc) is 3.24. The van der Waals surface area contributed by atoms with E-state index in [0.717, 1.165) is 34.7 Å². The Morgan fingerprint density at radius 3 is 2.23 bits per heavy atom. The third-order valence-electron chi connectivity index (χ3n) is 5.21. The highest BCUT2D eigenvalue weighted by Crippen LogP contribution is 2.40. The Morgan fingerprint density at radius 1 is 0.833 bits per heavy atom. The summed E-state index contributed by atoms with van der Waals surface area (Å²) >= 11 is 6.11. The van der Waals surface area contributed by atoms with Crippen LogP contribution in [0.4, 0.5) is 5.69 Å². The van der Waals surface area contributed by atoms with Crippen molar-refractivity contribution in [1.29, 1.82) is 0 Å². The van der Waals surface area contributed by atoms with Crippen LogP contribution in [0.3, 0.4) is 0 Å². The molecule has 3 aromatic carbocycles. The summed E-state index contributed by atoms with van der Waals surface area (Å²) in [5, 5.41) is 7.69. The third-order valence-corrected chi connectivity index (χ3v) is 5.46. The van der Waals surface area contributed by atoms with Gasteiger partial charge >= 0.3 is 0 Å². The van der Waals surface area contributed by atoms with Crippen LogP contribution in [0.1, 0.15) is 23.6 Å². The van der Waals surface area contributed by atoms with Crippen LogP contribution in [0, 0.1) is 0 Å². The minimum Gasteiger partial charge on any atom is -0.496 e. The van der Waals surface area contributed by atoms with Crippen molar-refractivity contribution >= 4 is 23.0 Å². The van der Waals surface area contributed by atoms with Crippen LogP contribution in [0.25, 0.3) is 0 Å². The van der Waals surface area contributed by atoms with Crippen molar-refractivity contribution in [2.45, 2.75) is 12.5 Å². The van der Waals surface area contributed by atoms with E-state index in [9.17, 15) is 0 Å². The summed E-state index contributed by atoms with van der Waals surface area (Å²) in [5.41, 5.74) is 3.99. The molecular weight excluding hydrogens is 400 g/mol. The summed E-state index contributed by atoms with van der Waals surface area (Å²) in [6, 6.07) is 21.6. The molecule has 0 amide bonds. The number of nitrogens with zero attached hydrogens (tertiary/aromatic N) is 2. The van der Waals surface area contributed by atoms with E-state index >= 15 is 0 Å². The number of hydrogen-bond donors (Lipinski definition) is 0. The SMILES string of the molecule is COc1ccc(C2CC(c3ccccc3OC)=NN2c2ccc(Cl)cc2)cc1OC. The molecule has 1 aliphatic rings. The van der Waals surface area contributed by atoms with Gasteiger partial charge < -0.3 is 14.2 Å². The van der Waals surface area contributed by atoms with Gasteiger partial charge in [-0.15, -0.1) is 0 Å². The molecule has 154 valence electrons. The predicted octanol–water partition coefficient (Wildman–Crippen LogP) is 5.72. The fraction of sp³-hybridized carbons (Fsp3) is 0.208. The van der Waals surface area contributed by atoms with Crippen LogP contribution in [0.5, 0.6) is 17.2 Å². The van der Waals surface area contributed by atoms with Crippen molar-refractivity contribution in [2.24, 2.45) is 5.10 Å². The number of ether oxygens (including phenoxy) is 3. The fourth-order valence-electron chi connectivity index (χ4n) is 3.71. The van der Waals surface area contributed by atoms with E-state index in [-0.39, 0.29) is 6.04 Å². The second-order valence-corrected chi connectivity index (χ2v) is 7.34. The number of anilines is 1. The van der Waals surface area contributed by atoms with Gasteiger partial charge in [0, 0.05) is 17.0 Å². The number of para-hydroxylation sites is 1. The highest BCUT2D eigenvalue weighted by Gasteiger charge is 2.31. The molecule has 1 aliphatic heterocycles. The maximum Gasteiger partial charge on any atom is 0.161 e. The van der Waals surface area contributed by atoms with E-state index < -0.39 is 0 Å². The number of benzene rings is 3. The van der Waals surface area contributed by atoms with Crippen LogP contribution in [-0.4, -0.2) is 27.0 Å². The highest BCUT2D eigenvalue weighted by molar-refractivity contribution is 6.30. The molecule has 30 heavy (non-hydrogen) atoms. The van der Waals surface area contributed by atoms with Crippen molar-refractivity contribution in [3.63, 3.8) is 0 Å². The maximum absolute atomic E-state index is 6.11. The van der Waals surface area contributed by atoms with Gasteiger partial charge in [0.25, 0.3) is 0 Å². The van der Waals surface area contributed by atoms with Gasteiger partial charge in [-0.2, -0.15) is 5.10 Å². The normalized spacial score (nSPS) is 15.7. The Morgan fingerprint density at radius 2 is 1.53 bits per heavy atom. The molecule has 0 saturated carbocycles. The first kappa shape index (κ1) is 20.1. The van der Waals surface area contributed by atoms with Gasteiger partial charge in [0.15, 0.2) is 11.5 Å². The lowest BCUT2D eigenvalue weighted by Crippen LogP contribution is -2.18. The lowest BCUT2D eigenvalue weighted by atomic mass is 9.97. The molecule has 4 rings (SSSR count). The van der Waals surface area contributed by atoms with Crippen molar-refractivity contribution < 1.29 is 14.2 Å². The first-order valence-corrected chi connectivity index (χ1v) is 10.00. The number of hydrazone groups is 1. The Balaban J connectivity index is 1.78. The molecule has 0 aliphatic carbocycles. The third kappa shape index (κ3) is 3.81. The van der Waals surface area contributed by atoms with E-state index in [1.165, 1.54) is 0 Å². The zero-order valence-corrected chi connectivity index (χ0v) is 17.9. The van der Waals surface area contributed by atoms with Gasteiger partial charge in [-0.1, -0.05) is 29.8 Å². The van der Waals surface area contributed by atoms with E-state index in [2.05, 4.69) is 6.07 Å². The van der Waals surface area contributed by atoms with Gasteiger partial charge in [-0.25, -0.2) is 0 Å². The van der Waals surface area contributed by atoms with E-state index in [1.807, 2.05) is 65.7 Å². The van der Waals surface area contributed by atoms with Crippen LogP contribution in [-0.2, 0) is 0 Å². The molecule has 1 atom stereocenters. The molecular formula is C24H23ClN2O3. The van der Waals surface area contributed by atoms with Crippen molar-refractivity contribution in [1.82, 2.24) is 0 Å². The molecule has 0 fully saturated rings. The molecule has 1 unspecified atom stereocenters. The van der Waals surface area contributed by atoms with Crippen LogP contribution < -0.4 is 19.2 Å². The molecule has 6 heteroatoms. The highest BCUT2D eigenvalue weighted by atomic mass is 35.5. The van der Waals surface area contributed by atoms with Gasteiger partial charge in [0.2, 0.25) is 0 Å². The number of hydrogen-bond acceptors (Lipinski definition) is 5. The zero-order chi connectivity index (χ0) is 21.1. The molecule has 5 nitrogen and oxygen atoms in total. The Hall–Kier alpha value is -3.18. The topological polar surface area (TPSA) is 43.3 Å². The summed E-state index contributed by atoms with van der Waals surface area (Å²) in [4.78, 5) is 0. The monoisotopic (exact) mass is 422 g/mol. The molecule has 0 saturated heterocycles. The van der Waals surface area contributed by atoms with Crippen LogP contribution in [0.15, 0.2) is 71.8 Å². The average molecular weight is 423 g/mol. The predicted molar refractivity (Wildman–Crippen MR) is 120 cm³/mol. The van der Waals surface area contributed by atoms with Crippen LogP contribution in [0.2, 0.25) is 5.02 Å². The number of halogens is 1. The van der Waals surface area contributed by atoms with Gasteiger partial charge in [-0.3, -0.25) is 5.01 Å². The fourth-order valence-corrected chi connectivity index (χ4v) is 3.83. The molecule has 0 bridgehead atoms. The number of rotatable bonds is 6. The zero-order valence-electron chi connectivity index (χ0n) is 17.1. The lowest BCUT2D eigenvalue weighted by Gasteiger charge is -2.24. The Kier molecular flexibility index (Phi) is 5.81. The van der Waals surface area contributed by atoms with Crippen molar-refractivity contribution in [2.75, 3.05) is 26.3 Å². The Bertz CT molecular complexity index is 1070. The molecule has 0 radical (unpaired) electrons. The van der Waals surface area contributed by atoms with Crippen molar-refractivity contribution in [3.05, 3.63) is 82.9 Å². The lowest BCUT2D eigenvalue weighted by molar-refractivity contribution is 0.354. The second kappa shape index (κ2) is 8.67. The minimum atomic E-state index is -0.00843. The van der Waals surface area contributed by atoms with Crippen molar-refractivity contribution in [3.8, 4) is 17.2 Å². The summed E-state index contributed by atoms with van der Waals surface area (Å²) in [5.74, 6) is 2.19. The standard InChI is InChI=1S/C24H23ClN2O3/c1-28-22-7-5-4-6-19(22)20-15-21(16-8-13-23(29-2)24(14-16)30-3)27(26-20)18-11-9-17(25)10-12-18/h4-14,21H,15H2,1-3H3. The summed E-state index contributed by atoms with van der Waals surface area (Å²) in [6.07, 6.45) is 0.721. The molecule has 0 spiro atoms. The molecule has 1 heterocycles. The summed E-state index contributed by atoms with van der Waals surface area (Å²) < 4.78 is 16.5. The first-order valence-electron chi connectivity index (χ1n) is 9.62. The first-order chi connectivity index (χ1) is 14.6. The van der Waals surface area contributed by atoms with Gasteiger partial charge in [0.1, 0.15) is 5.75 Å². The largest absolute Gasteiger partial charge is 0.496 e. The molecule has 0 N–H and O–H groups in total. The molecule has 3 aromatic rings.